The van der Waals surface area contributed by atoms with Gasteiger partial charge >= 0.3 is 5.95 Å². The second-order valence-corrected chi connectivity index (χ2v) is 5.53. The van der Waals surface area contributed by atoms with Gasteiger partial charge in [0, 0.05) is 17.3 Å². The molecule has 122 valence electrons. The lowest BCUT2D eigenvalue weighted by Crippen LogP contribution is -2.36. The number of nitrogens with one attached hydrogen (secondary N) is 1. The minimum Gasteiger partial charge on any atom is -0.390 e. The third-order valence-electron chi connectivity index (χ3n) is 3.79. The van der Waals surface area contributed by atoms with Crippen LogP contribution >= 0.6 is 0 Å². The summed E-state index contributed by atoms with van der Waals surface area (Å²) in [5, 5.41) is 21.4. The van der Waals surface area contributed by atoms with Gasteiger partial charge in [-0.2, -0.15) is 9.78 Å². The van der Waals surface area contributed by atoms with Gasteiger partial charge in [-0.15, -0.1) is 0 Å². The number of hydrogen-bond donors (Lipinski definition) is 1. The van der Waals surface area contributed by atoms with Crippen molar-refractivity contribution in [2.45, 2.75) is 44.8 Å². The number of rotatable bonds is 5. The van der Waals surface area contributed by atoms with Gasteiger partial charge in [-0.25, -0.2) is 4.68 Å². The molecule has 1 aliphatic rings. The first kappa shape index (κ1) is 15.1. The van der Waals surface area contributed by atoms with Gasteiger partial charge in [0.2, 0.25) is 6.33 Å². The number of carbonyl (C=O) groups is 1. The van der Waals surface area contributed by atoms with Crippen LogP contribution in [0.5, 0.6) is 0 Å². The van der Waals surface area contributed by atoms with E-state index in [1.807, 2.05) is 0 Å². The second kappa shape index (κ2) is 6.55. The molecule has 2 heterocycles. The van der Waals surface area contributed by atoms with Crippen molar-refractivity contribution in [1.29, 1.82) is 0 Å². The van der Waals surface area contributed by atoms with Crippen LogP contribution < -0.4 is 5.32 Å². The molecule has 0 radical (unpaired) electrons. The smallest absolute Gasteiger partial charge is 0.390 e. The van der Waals surface area contributed by atoms with Crippen molar-refractivity contribution in [3.8, 4) is 0 Å². The highest BCUT2D eigenvalue weighted by molar-refractivity contribution is 5.92. The van der Waals surface area contributed by atoms with Gasteiger partial charge in [0.05, 0.1) is 0 Å². The maximum atomic E-state index is 12.2. The monoisotopic (exact) mass is 319 g/mol. The van der Waals surface area contributed by atoms with Gasteiger partial charge in [-0.05, 0) is 23.8 Å². The summed E-state index contributed by atoms with van der Waals surface area (Å²) in [6.45, 7) is 0.150. The average molecular weight is 319 g/mol. The molecule has 2 aromatic rings. The highest BCUT2D eigenvalue weighted by atomic mass is 16.6. The zero-order valence-corrected chi connectivity index (χ0v) is 12.5. The molecule has 1 N–H and O–H groups in total. The summed E-state index contributed by atoms with van der Waals surface area (Å²) in [6, 6.07) is 1.84. The predicted molar refractivity (Wildman–Crippen MR) is 78.6 cm³/mol. The Labute approximate surface area is 131 Å². The molecule has 1 aliphatic carbocycles. The highest BCUT2D eigenvalue weighted by Gasteiger charge is 2.18. The predicted octanol–water partition coefficient (Wildman–Crippen LogP) is 0.951. The summed E-state index contributed by atoms with van der Waals surface area (Å²) in [5.41, 5.74) is 0.324. The van der Waals surface area contributed by atoms with Crippen LogP contribution in [0.4, 0.5) is 5.95 Å². The molecular weight excluding hydrogens is 302 g/mol. The van der Waals surface area contributed by atoms with E-state index in [-0.39, 0.29) is 18.6 Å². The van der Waals surface area contributed by atoms with Gasteiger partial charge in [0.15, 0.2) is 6.67 Å². The first-order valence-electron chi connectivity index (χ1n) is 7.50. The number of aromatic nitrogens is 5. The van der Waals surface area contributed by atoms with Gasteiger partial charge in [0.1, 0.15) is 5.69 Å². The lowest BCUT2D eigenvalue weighted by Gasteiger charge is -2.22. The van der Waals surface area contributed by atoms with E-state index < -0.39 is 10.9 Å². The zero-order valence-electron chi connectivity index (χ0n) is 12.5. The summed E-state index contributed by atoms with van der Waals surface area (Å²) in [6.07, 6.45) is 8.41. The number of nitrogens with zero attached hydrogens (tertiary/aromatic N) is 6. The Bertz CT molecular complexity index is 702. The topological polar surface area (TPSA) is 121 Å². The molecule has 10 nitrogen and oxygen atoms in total. The van der Waals surface area contributed by atoms with E-state index in [1.54, 1.807) is 12.3 Å². The van der Waals surface area contributed by atoms with Crippen molar-refractivity contribution in [2.75, 3.05) is 0 Å². The molecule has 2 aromatic heterocycles. The Morgan fingerprint density at radius 2 is 2.09 bits per heavy atom. The Morgan fingerprint density at radius 1 is 1.30 bits per heavy atom. The lowest BCUT2D eigenvalue weighted by atomic mass is 9.95. The molecule has 10 heteroatoms. The molecular formula is C13H17N7O3. The molecule has 0 aromatic carbocycles. The van der Waals surface area contributed by atoms with E-state index in [9.17, 15) is 14.9 Å². The van der Waals surface area contributed by atoms with Crippen LogP contribution in [0, 0.1) is 10.1 Å². The standard InChI is InChI=1S/C13H17N7O3/c21-12(15-10-4-2-1-3-5-10)11-6-7-18(16-11)9-19-8-14-13(17-19)20(22)23/h6-8,10H,1-5,9H2,(H,15,21). The minimum absolute atomic E-state index is 0.150. The van der Waals surface area contributed by atoms with Crippen molar-refractivity contribution in [3.05, 3.63) is 34.4 Å². The molecule has 0 spiro atoms. The minimum atomic E-state index is -0.664. The second-order valence-electron chi connectivity index (χ2n) is 5.53. The quantitative estimate of drug-likeness (QED) is 0.647. The van der Waals surface area contributed by atoms with E-state index in [1.165, 1.54) is 22.1 Å². The molecule has 1 fully saturated rings. The maximum Gasteiger partial charge on any atom is 0.491 e. The SMILES string of the molecule is O=C(NC1CCCCC1)c1ccn(Cn2cnc([N+](=O)[O-])n2)n1. The molecule has 0 unspecified atom stereocenters. The third kappa shape index (κ3) is 3.71. The fourth-order valence-corrected chi connectivity index (χ4v) is 2.65. The number of hydrogen-bond acceptors (Lipinski definition) is 6. The van der Waals surface area contributed by atoms with Crippen molar-refractivity contribution in [3.63, 3.8) is 0 Å². The van der Waals surface area contributed by atoms with E-state index >= 15 is 0 Å². The highest BCUT2D eigenvalue weighted by Crippen LogP contribution is 2.17. The third-order valence-corrected chi connectivity index (χ3v) is 3.79. The largest absolute Gasteiger partial charge is 0.491 e. The van der Waals surface area contributed by atoms with E-state index in [2.05, 4.69) is 20.5 Å². The molecule has 0 bridgehead atoms. The number of nitro groups is 1. The normalized spacial score (nSPS) is 15.5. The van der Waals surface area contributed by atoms with E-state index in [4.69, 9.17) is 0 Å². The van der Waals surface area contributed by atoms with Gasteiger partial charge in [0.25, 0.3) is 5.91 Å². The first-order chi connectivity index (χ1) is 11.1. The summed E-state index contributed by atoms with van der Waals surface area (Å²) in [5.74, 6) is -0.660. The van der Waals surface area contributed by atoms with Crippen molar-refractivity contribution < 1.29 is 9.72 Å². The summed E-state index contributed by atoms with van der Waals surface area (Å²) >= 11 is 0. The number of amides is 1. The first-order valence-corrected chi connectivity index (χ1v) is 7.50. The molecule has 0 atom stereocenters. The average Bonchev–Trinajstić information content (AvgIpc) is 3.18. The Morgan fingerprint density at radius 3 is 2.78 bits per heavy atom. The van der Waals surface area contributed by atoms with Crippen molar-refractivity contribution in [2.24, 2.45) is 0 Å². The molecule has 3 rings (SSSR count). The molecule has 1 amide bonds. The fourth-order valence-electron chi connectivity index (χ4n) is 2.65. The van der Waals surface area contributed by atoms with Crippen LogP contribution in [-0.2, 0) is 6.67 Å². The molecule has 1 saturated carbocycles. The Hall–Kier alpha value is -2.78. The van der Waals surface area contributed by atoms with Crippen LogP contribution in [0.25, 0.3) is 0 Å². The Kier molecular flexibility index (Phi) is 4.31. The van der Waals surface area contributed by atoms with Crippen molar-refractivity contribution in [1.82, 2.24) is 29.9 Å². The van der Waals surface area contributed by atoms with Crippen LogP contribution in [0.1, 0.15) is 42.6 Å². The molecule has 23 heavy (non-hydrogen) atoms. The fraction of sp³-hybridized carbons (Fsp3) is 0.538. The van der Waals surface area contributed by atoms with Crippen LogP contribution in [0.2, 0.25) is 0 Å². The lowest BCUT2D eigenvalue weighted by molar-refractivity contribution is -0.394. The summed E-state index contributed by atoms with van der Waals surface area (Å²) in [4.78, 5) is 25.6. The molecule has 0 aliphatic heterocycles. The van der Waals surface area contributed by atoms with Crippen molar-refractivity contribution >= 4 is 11.9 Å². The van der Waals surface area contributed by atoms with Crippen LogP contribution in [0.3, 0.4) is 0 Å². The number of carbonyl (C=O) groups excluding carboxylic acids is 1. The summed E-state index contributed by atoms with van der Waals surface area (Å²) in [7, 11) is 0. The zero-order chi connectivity index (χ0) is 16.2. The van der Waals surface area contributed by atoms with Gasteiger partial charge in [-0.3, -0.25) is 4.79 Å². The maximum absolute atomic E-state index is 12.2. The van der Waals surface area contributed by atoms with Gasteiger partial charge < -0.3 is 15.4 Å². The van der Waals surface area contributed by atoms with E-state index in [0.29, 0.717) is 5.69 Å². The van der Waals surface area contributed by atoms with Gasteiger partial charge in [-0.1, -0.05) is 24.2 Å². The van der Waals surface area contributed by atoms with Crippen LogP contribution in [0.15, 0.2) is 18.6 Å². The summed E-state index contributed by atoms with van der Waals surface area (Å²) < 4.78 is 2.77. The molecule has 0 saturated heterocycles. The van der Waals surface area contributed by atoms with Crippen LogP contribution in [-0.4, -0.2) is 41.4 Å². The van der Waals surface area contributed by atoms with E-state index in [0.717, 1.165) is 25.7 Å². The Balaban J connectivity index is 1.60.